The van der Waals surface area contributed by atoms with Crippen molar-refractivity contribution in [1.29, 1.82) is 0 Å². The van der Waals surface area contributed by atoms with Crippen molar-refractivity contribution in [1.82, 2.24) is 14.9 Å². The highest BCUT2D eigenvalue weighted by molar-refractivity contribution is 7.88. The molecule has 0 aliphatic carbocycles. The molecule has 102 valence electrons. The zero-order chi connectivity index (χ0) is 14.1. The molecule has 0 spiro atoms. The van der Waals surface area contributed by atoms with Crippen LogP contribution in [0.5, 0.6) is 0 Å². The molecule has 18 heavy (non-hydrogen) atoms. The van der Waals surface area contributed by atoms with Crippen molar-refractivity contribution in [3.8, 4) is 0 Å². The highest BCUT2D eigenvalue weighted by Crippen LogP contribution is 2.11. The zero-order valence-corrected chi connectivity index (χ0v) is 11.1. The molecule has 1 heterocycles. The Labute approximate surface area is 105 Å². The van der Waals surface area contributed by atoms with E-state index >= 15 is 0 Å². The molecule has 0 aromatic carbocycles. The second-order valence-corrected chi connectivity index (χ2v) is 6.52. The third kappa shape index (κ3) is 4.08. The number of hydrogen-bond acceptors (Lipinski definition) is 5. The van der Waals surface area contributed by atoms with Gasteiger partial charge in [0.25, 0.3) is 0 Å². The largest absolute Gasteiger partial charge is 0.330 e. The van der Waals surface area contributed by atoms with Crippen LogP contribution in [0.25, 0.3) is 0 Å². The van der Waals surface area contributed by atoms with E-state index in [1.165, 1.54) is 13.8 Å². The summed E-state index contributed by atoms with van der Waals surface area (Å²) in [4.78, 5) is 34.7. The number of nitrogens with one attached hydrogen (secondary N) is 2. The molecule has 0 aromatic rings. The van der Waals surface area contributed by atoms with E-state index in [0.29, 0.717) is 0 Å². The fourth-order valence-electron chi connectivity index (χ4n) is 1.67. The lowest BCUT2D eigenvalue weighted by atomic mass is 10.1. The minimum Gasteiger partial charge on any atom is -0.277 e. The Balaban J connectivity index is 2.80. The maximum absolute atomic E-state index is 11.5. The standard InChI is InChI=1S/C9H15N3O5S/c1-9(2,11-18(3,16)17)5-12-7(14)4-6(13)10-8(12)15/h11H,4-5H2,1-3H3,(H,10,13,15). The Hall–Kier alpha value is -1.48. The number of carbonyl (C=O) groups excluding carboxylic acids is 3. The summed E-state index contributed by atoms with van der Waals surface area (Å²) in [6, 6.07) is -0.834. The number of nitrogens with zero attached hydrogens (tertiary/aromatic N) is 1. The van der Waals surface area contributed by atoms with Crippen LogP contribution in [-0.4, -0.2) is 49.5 Å². The van der Waals surface area contributed by atoms with Gasteiger partial charge < -0.3 is 0 Å². The number of urea groups is 1. The van der Waals surface area contributed by atoms with Crippen molar-refractivity contribution in [2.24, 2.45) is 0 Å². The van der Waals surface area contributed by atoms with E-state index in [2.05, 4.69) is 4.72 Å². The molecule has 1 fully saturated rings. The third-order valence-corrected chi connectivity index (χ3v) is 3.04. The van der Waals surface area contributed by atoms with Gasteiger partial charge in [0.15, 0.2) is 0 Å². The molecule has 1 rings (SSSR count). The summed E-state index contributed by atoms with van der Waals surface area (Å²) in [5.74, 6) is -1.30. The molecular weight excluding hydrogens is 262 g/mol. The highest BCUT2D eigenvalue weighted by atomic mass is 32.2. The number of rotatable bonds is 4. The van der Waals surface area contributed by atoms with Gasteiger partial charge in [-0.15, -0.1) is 0 Å². The van der Waals surface area contributed by atoms with Crippen LogP contribution in [0.2, 0.25) is 0 Å². The minimum absolute atomic E-state index is 0.155. The second-order valence-electron chi connectivity index (χ2n) is 4.77. The van der Waals surface area contributed by atoms with Gasteiger partial charge >= 0.3 is 6.03 Å². The molecule has 0 radical (unpaired) electrons. The molecule has 1 aliphatic rings. The lowest BCUT2D eigenvalue weighted by molar-refractivity contribution is -0.136. The van der Waals surface area contributed by atoms with Crippen molar-refractivity contribution in [2.75, 3.05) is 12.8 Å². The average molecular weight is 277 g/mol. The van der Waals surface area contributed by atoms with Gasteiger partial charge in [-0.1, -0.05) is 0 Å². The zero-order valence-electron chi connectivity index (χ0n) is 10.3. The molecular formula is C9H15N3O5S. The van der Waals surface area contributed by atoms with Crippen molar-refractivity contribution in [3.63, 3.8) is 0 Å². The van der Waals surface area contributed by atoms with Crippen LogP contribution < -0.4 is 10.0 Å². The first-order chi connectivity index (χ1) is 8.00. The van der Waals surface area contributed by atoms with E-state index in [1.807, 2.05) is 5.32 Å². The Morgan fingerprint density at radius 1 is 1.33 bits per heavy atom. The van der Waals surface area contributed by atoms with Crippen molar-refractivity contribution < 1.29 is 22.8 Å². The van der Waals surface area contributed by atoms with Crippen molar-refractivity contribution in [2.45, 2.75) is 25.8 Å². The summed E-state index contributed by atoms with van der Waals surface area (Å²) in [5, 5.41) is 2.00. The first-order valence-electron chi connectivity index (χ1n) is 5.13. The number of imide groups is 2. The average Bonchev–Trinajstić information content (AvgIpc) is 2.07. The molecule has 0 aromatic heterocycles. The lowest BCUT2D eigenvalue weighted by Gasteiger charge is -2.33. The predicted molar refractivity (Wildman–Crippen MR) is 61.9 cm³/mol. The molecule has 0 saturated carbocycles. The molecule has 4 amide bonds. The Morgan fingerprint density at radius 3 is 2.33 bits per heavy atom. The van der Waals surface area contributed by atoms with Gasteiger partial charge in [-0.3, -0.25) is 19.8 Å². The van der Waals surface area contributed by atoms with Gasteiger partial charge in [-0.05, 0) is 13.8 Å². The van der Waals surface area contributed by atoms with Crippen LogP contribution in [-0.2, 0) is 19.6 Å². The predicted octanol–water partition coefficient (Wildman–Crippen LogP) is -1.22. The number of sulfonamides is 1. The third-order valence-electron chi connectivity index (χ3n) is 2.12. The molecule has 0 unspecified atom stereocenters. The molecule has 0 atom stereocenters. The monoisotopic (exact) mass is 277 g/mol. The van der Waals surface area contributed by atoms with Gasteiger partial charge in [0.1, 0.15) is 6.42 Å². The maximum atomic E-state index is 11.5. The first-order valence-corrected chi connectivity index (χ1v) is 7.02. The first kappa shape index (κ1) is 14.6. The van der Waals surface area contributed by atoms with Crippen LogP contribution in [0.4, 0.5) is 4.79 Å². The molecule has 9 heteroatoms. The van der Waals surface area contributed by atoms with Crippen LogP contribution in [0.3, 0.4) is 0 Å². The topological polar surface area (TPSA) is 113 Å². The second kappa shape index (κ2) is 4.65. The molecule has 1 aliphatic heterocycles. The number of carbonyl (C=O) groups is 3. The molecule has 8 nitrogen and oxygen atoms in total. The quantitative estimate of drug-likeness (QED) is 0.626. The SMILES string of the molecule is CC(C)(CN1C(=O)CC(=O)NC1=O)NS(C)(=O)=O. The van der Waals surface area contributed by atoms with Crippen LogP contribution in [0.15, 0.2) is 0 Å². The smallest absolute Gasteiger partial charge is 0.277 e. The van der Waals surface area contributed by atoms with E-state index in [4.69, 9.17) is 0 Å². The summed E-state index contributed by atoms with van der Waals surface area (Å²) in [6.45, 7) is 2.91. The van der Waals surface area contributed by atoms with E-state index in [0.717, 1.165) is 11.2 Å². The van der Waals surface area contributed by atoms with E-state index in [-0.39, 0.29) is 6.54 Å². The van der Waals surface area contributed by atoms with Gasteiger partial charge in [-0.2, -0.15) is 0 Å². The number of amides is 4. The van der Waals surface area contributed by atoms with E-state index in [1.54, 1.807) is 0 Å². The summed E-state index contributed by atoms with van der Waals surface area (Å²) < 4.78 is 24.6. The van der Waals surface area contributed by atoms with Gasteiger partial charge in [0, 0.05) is 12.1 Å². The van der Waals surface area contributed by atoms with Crippen LogP contribution in [0, 0.1) is 0 Å². The lowest BCUT2D eigenvalue weighted by Crippen LogP contribution is -2.59. The van der Waals surface area contributed by atoms with Gasteiger partial charge in [0.05, 0.1) is 6.26 Å². The van der Waals surface area contributed by atoms with Gasteiger partial charge in [-0.25, -0.2) is 17.9 Å². The summed E-state index contributed by atoms with van der Waals surface area (Å²) in [5.41, 5.74) is -1.01. The van der Waals surface area contributed by atoms with Crippen molar-refractivity contribution in [3.05, 3.63) is 0 Å². The maximum Gasteiger partial charge on any atom is 0.330 e. The van der Waals surface area contributed by atoms with Crippen LogP contribution >= 0.6 is 0 Å². The van der Waals surface area contributed by atoms with Crippen LogP contribution in [0.1, 0.15) is 20.3 Å². The highest BCUT2D eigenvalue weighted by Gasteiger charge is 2.35. The van der Waals surface area contributed by atoms with Crippen molar-refractivity contribution >= 4 is 27.9 Å². The Morgan fingerprint density at radius 2 is 1.89 bits per heavy atom. The fraction of sp³-hybridized carbons (Fsp3) is 0.667. The number of barbiturate groups is 1. The minimum atomic E-state index is -3.46. The fourth-order valence-corrected chi connectivity index (χ4v) is 2.73. The van der Waals surface area contributed by atoms with E-state index < -0.39 is 39.8 Å². The molecule has 2 N–H and O–H groups in total. The van der Waals surface area contributed by atoms with Gasteiger partial charge in [0.2, 0.25) is 21.8 Å². The Kier molecular flexibility index (Phi) is 3.77. The summed E-state index contributed by atoms with van der Waals surface area (Å²) in [7, 11) is -3.46. The summed E-state index contributed by atoms with van der Waals surface area (Å²) in [6.07, 6.45) is 0.567. The van der Waals surface area contributed by atoms with E-state index in [9.17, 15) is 22.8 Å². The summed E-state index contributed by atoms with van der Waals surface area (Å²) >= 11 is 0. The molecule has 0 bridgehead atoms. The normalized spacial score (nSPS) is 17.9. The Bertz CT molecular complexity index is 476. The number of hydrogen-bond donors (Lipinski definition) is 2. The molecule has 1 saturated heterocycles.